The molecule has 1 aromatic carbocycles. The Morgan fingerprint density at radius 1 is 1.21 bits per heavy atom. The average Bonchev–Trinajstić information content (AvgIpc) is 2.75. The SMILES string of the molecule is CCNC(=NCCc1c(F)cccc1F)N1CCC(OCC2CCCCO2)CC1. The molecule has 2 saturated heterocycles. The van der Waals surface area contributed by atoms with E-state index in [2.05, 4.69) is 15.2 Å². The fraction of sp³-hybridized carbons (Fsp3) is 0.682. The maximum atomic E-state index is 13.8. The third kappa shape index (κ3) is 6.64. The summed E-state index contributed by atoms with van der Waals surface area (Å²) in [6.45, 7) is 6.37. The first kappa shape index (κ1) is 22.0. The number of hydrogen-bond donors (Lipinski definition) is 1. The largest absolute Gasteiger partial charge is 0.376 e. The quantitative estimate of drug-likeness (QED) is 0.553. The van der Waals surface area contributed by atoms with Gasteiger partial charge in [0.15, 0.2) is 5.96 Å². The predicted octanol–water partition coefficient (Wildman–Crippen LogP) is 3.52. The summed E-state index contributed by atoms with van der Waals surface area (Å²) in [5, 5.41) is 3.29. The number of nitrogens with one attached hydrogen (secondary N) is 1. The molecule has 0 saturated carbocycles. The molecule has 0 bridgehead atoms. The fourth-order valence-corrected chi connectivity index (χ4v) is 3.89. The number of hydrogen-bond acceptors (Lipinski definition) is 3. The van der Waals surface area contributed by atoms with Crippen LogP contribution in [0.25, 0.3) is 0 Å². The van der Waals surface area contributed by atoms with Crippen molar-refractivity contribution in [1.29, 1.82) is 0 Å². The Hall–Kier alpha value is -1.73. The summed E-state index contributed by atoms with van der Waals surface area (Å²) in [5.74, 6) is -0.214. The summed E-state index contributed by atoms with van der Waals surface area (Å²) >= 11 is 0. The molecule has 2 fully saturated rings. The highest BCUT2D eigenvalue weighted by Gasteiger charge is 2.23. The van der Waals surface area contributed by atoms with Gasteiger partial charge in [-0.2, -0.15) is 0 Å². The van der Waals surface area contributed by atoms with E-state index >= 15 is 0 Å². The molecule has 2 aliphatic rings. The maximum Gasteiger partial charge on any atom is 0.193 e. The van der Waals surface area contributed by atoms with Gasteiger partial charge >= 0.3 is 0 Å². The Bertz CT molecular complexity index is 637. The van der Waals surface area contributed by atoms with E-state index in [1.54, 1.807) is 0 Å². The lowest BCUT2D eigenvalue weighted by Crippen LogP contribution is -2.47. The average molecular weight is 410 g/mol. The Morgan fingerprint density at radius 2 is 1.97 bits per heavy atom. The minimum atomic E-state index is -0.509. The van der Waals surface area contributed by atoms with Crippen LogP contribution in [0.15, 0.2) is 23.2 Å². The molecular weight excluding hydrogens is 376 g/mol. The summed E-state index contributed by atoms with van der Waals surface area (Å²) in [4.78, 5) is 6.80. The molecule has 2 aliphatic heterocycles. The third-order valence-corrected chi connectivity index (χ3v) is 5.55. The standard InChI is InChI=1S/C22H33F2N3O2/c1-2-25-22(26-12-9-19-20(23)7-5-8-21(19)24)27-13-10-17(11-14-27)29-16-18-6-3-4-15-28-18/h5,7-8,17-18H,2-4,6,9-16H2,1H3,(H,25,26). The molecule has 0 spiro atoms. The number of nitrogens with zero attached hydrogens (tertiary/aromatic N) is 2. The molecule has 1 aromatic rings. The van der Waals surface area contributed by atoms with Gasteiger partial charge in [-0.15, -0.1) is 0 Å². The van der Waals surface area contributed by atoms with Crippen LogP contribution >= 0.6 is 0 Å². The van der Waals surface area contributed by atoms with Gasteiger partial charge in [-0.1, -0.05) is 6.07 Å². The minimum Gasteiger partial charge on any atom is -0.376 e. The van der Waals surface area contributed by atoms with E-state index in [9.17, 15) is 8.78 Å². The lowest BCUT2D eigenvalue weighted by molar-refractivity contribution is -0.0721. The van der Waals surface area contributed by atoms with Crippen molar-refractivity contribution in [3.63, 3.8) is 0 Å². The first-order valence-electron chi connectivity index (χ1n) is 10.9. The zero-order valence-corrected chi connectivity index (χ0v) is 17.3. The Labute approximate surface area is 172 Å². The molecule has 2 heterocycles. The van der Waals surface area contributed by atoms with Gasteiger partial charge < -0.3 is 19.7 Å². The number of halogens is 2. The summed E-state index contributed by atoms with van der Waals surface area (Å²) in [6, 6.07) is 3.96. The van der Waals surface area contributed by atoms with Crippen LogP contribution in [-0.4, -0.2) is 62.5 Å². The summed E-state index contributed by atoms with van der Waals surface area (Å²) in [6.07, 6.45) is 6.12. The Morgan fingerprint density at radius 3 is 2.62 bits per heavy atom. The molecule has 0 amide bonds. The molecule has 5 nitrogen and oxygen atoms in total. The van der Waals surface area contributed by atoms with E-state index < -0.39 is 11.6 Å². The van der Waals surface area contributed by atoms with E-state index in [1.807, 2.05) is 6.92 Å². The van der Waals surface area contributed by atoms with Crippen LogP contribution in [0, 0.1) is 11.6 Å². The van der Waals surface area contributed by atoms with E-state index in [0.29, 0.717) is 13.2 Å². The van der Waals surface area contributed by atoms with Crippen molar-refractivity contribution in [2.45, 2.75) is 57.7 Å². The highest BCUT2D eigenvalue weighted by Crippen LogP contribution is 2.18. The molecule has 0 aromatic heterocycles. The van der Waals surface area contributed by atoms with Gasteiger partial charge in [0.25, 0.3) is 0 Å². The molecule has 1 unspecified atom stereocenters. The molecule has 0 aliphatic carbocycles. The lowest BCUT2D eigenvalue weighted by atomic mass is 10.1. The van der Waals surface area contributed by atoms with Gasteiger partial charge in [-0.3, -0.25) is 4.99 Å². The van der Waals surface area contributed by atoms with E-state index in [4.69, 9.17) is 9.47 Å². The Balaban J connectivity index is 1.46. The summed E-state index contributed by atoms with van der Waals surface area (Å²) in [5.41, 5.74) is 0.101. The molecule has 1 atom stereocenters. The van der Waals surface area contributed by atoms with E-state index in [-0.39, 0.29) is 24.2 Å². The number of piperidine rings is 1. The van der Waals surface area contributed by atoms with Gasteiger partial charge in [0.05, 0.1) is 18.8 Å². The normalized spacial score (nSPS) is 21.4. The van der Waals surface area contributed by atoms with Gasteiger partial charge in [-0.05, 0) is 57.6 Å². The van der Waals surface area contributed by atoms with Crippen molar-refractivity contribution >= 4 is 5.96 Å². The number of rotatable bonds is 7. The second-order valence-electron chi connectivity index (χ2n) is 7.69. The monoisotopic (exact) mass is 409 g/mol. The van der Waals surface area contributed by atoms with E-state index in [1.165, 1.54) is 24.6 Å². The first-order chi connectivity index (χ1) is 14.2. The van der Waals surface area contributed by atoms with Gasteiger partial charge in [0.1, 0.15) is 11.6 Å². The van der Waals surface area contributed by atoms with Crippen LogP contribution in [0.2, 0.25) is 0 Å². The molecule has 162 valence electrons. The van der Waals surface area contributed by atoms with Crippen molar-refractivity contribution in [3.05, 3.63) is 35.4 Å². The first-order valence-corrected chi connectivity index (χ1v) is 10.9. The minimum absolute atomic E-state index is 0.101. The zero-order valence-electron chi connectivity index (χ0n) is 17.3. The van der Waals surface area contributed by atoms with Crippen LogP contribution in [0.5, 0.6) is 0 Å². The van der Waals surface area contributed by atoms with Crippen molar-refractivity contribution in [2.24, 2.45) is 4.99 Å². The lowest BCUT2D eigenvalue weighted by Gasteiger charge is -2.35. The summed E-state index contributed by atoms with van der Waals surface area (Å²) < 4.78 is 39.4. The molecule has 3 rings (SSSR count). The number of ether oxygens (including phenoxy) is 2. The number of aliphatic imine (C=N–C) groups is 1. The van der Waals surface area contributed by atoms with Crippen molar-refractivity contribution in [1.82, 2.24) is 10.2 Å². The number of guanidine groups is 1. The van der Waals surface area contributed by atoms with Crippen molar-refractivity contribution in [2.75, 3.05) is 39.4 Å². The highest BCUT2D eigenvalue weighted by atomic mass is 19.1. The molecule has 7 heteroatoms. The van der Waals surface area contributed by atoms with Crippen LogP contribution in [0.3, 0.4) is 0 Å². The molecule has 29 heavy (non-hydrogen) atoms. The predicted molar refractivity (Wildman–Crippen MR) is 110 cm³/mol. The zero-order chi connectivity index (χ0) is 20.5. The smallest absolute Gasteiger partial charge is 0.193 e. The number of likely N-dealkylation sites (tertiary alicyclic amines) is 1. The third-order valence-electron chi connectivity index (χ3n) is 5.55. The van der Waals surface area contributed by atoms with Gasteiger partial charge in [0, 0.05) is 38.3 Å². The van der Waals surface area contributed by atoms with Gasteiger partial charge in [0.2, 0.25) is 0 Å². The summed E-state index contributed by atoms with van der Waals surface area (Å²) in [7, 11) is 0. The Kier molecular flexibility index (Phi) is 8.68. The van der Waals surface area contributed by atoms with Crippen molar-refractivity contribution < 1.29 is 18.3 Å². The van der Waals surface area contributed by atoms with Crippen LogP contribution in [0.1, 0.15) is 44.6 Å². The highest BCUT2D eigenvalue weighted by molar-refractivity contribution is 5.80. The van der Waals surface area contributed by atoms with Gasteiger partial charge in [-0.25, -0.2) is 8.78 Å². The van der Waals surface area contributed by atoms with Crippen LogP contribution < -0.4 is 5.32 Å². The molecular formula is C22H33F2N3O2. The van der Waals surface area contributed by atoms with E-state index in [0.717, 1.165) is 57.9 Å². The fourth-order valence-electron chi connectivity index (χ4n) is 3.89. The molecule has 0 radical (unpaired) electrons. The molecule has 1 N–H and O–H groups in total. The van der Waals surface area contributed by atoms with Crippen molar-refractivity contribution in [3.8, 4) is 0 Å². The second kappa shape index (κ2) is 11.5. The maximum absolute atomic E-state index is 13.8. The number of benzene rings is 1. The topological polar surface area (TPSA) is 46.1 Å². The van der Waals surface area contributed by atoms with Crippen LogP contribution in [0.4, 0.5) is 8.78 Å². The second-order valence-corrected chi connectivity index (χ2v) is 7.69. The van der Waals surface area contributed by atoms with Crippen LogP contribution in [-0.2, 0) is 15.9 Å².